The molecule has 8 heteroatoms. The molecule has 1 fully saturated rings. The molecule has 3 aromatic rings. The maximum absolute atomic E-state index is 12.9. The number of carbonyl (C=O) groups is 2. The van der Waals surface area contributed by atoms with Gasteiger partial charge in [-0.05, 0) is 66.7 Å². The normalized spacial score (nSPS) is 15.5. The lowest BCUT2D eigenvalue weighted by Crippen LogP contribution is -2.28. The lowest BCUT2D eigenvalue weighted by molar-refractivity contribution is -0.122. The van der Waals surface area contributed by atoms with Gasteiger partial charge in [0.25, 0.3) is 11.8 Å². The van der Waals surface area contributed by atoms with Crippen molar-refractivity contribution < 1.29 is 19.1 Å². The van der Waals surface area contributed by atoms with Crippen LogP contribution in [0.5, 0.6) is 11.5 Å². The SMILES string of the molecule is CCN1C(=O)/C(=C/c2ccc(OCC(=O)Nc3ccccc3)c(OC)c2)SC1=Nc1ccccc1. The minimum atomic E-state index is -0.276. The van der Waals surface area contributed by atoms with Gasteiger partial charge < -0.3 is 14.8 Å². The quantitative estimate of drug-likeness (QED) is 0.434. The van der Waals surface area contributed by atoms with Crippen molar-refractivity contribution in [1.82, 2.24) is 4.90 Å². The van der Waals surface area contributed by atoms with Crippen molar-refractivity contribution in [3.8, 4) is 11.5 Å². The van der Waals surface area contributed by atoms with Crippen LogP contribution in [-0.4, -0.2) is 42.1 Å². The summed E-state index contributed by atoms with van der Waals surface area (Å²) in [6, 6.07) is 24.0. The fraction of sp³-hybridized carbons (Fsp3) is 0.148. The second kappa shape index (κ2) is 11.4. The van der Waals surface area contributed by atoms with E-state index in [9.17, 15) is 9.59 Å². The first-order chi connectivity index (χ1) is 17.1. The Bertz CT molecular complexity index is 1260. The highest BCUT2D eigenvalue weighted by molar-refractivity contribution is 8.18. The number of amides is 2. The number of amidine groups is 1. The molecular formula is C27H25N3O4S. The van der Waals surface area contributed by atoms with E-state index in [1.807, 2.05) is 61.5 Å². The number of benzene rings is 3. The molecule has 1 aliphatic heterocycles. The minimum absolute atomic E-state index is 0.0935. The monoisotopic (exact) mass is 487 g/mol. The number of likely N-dealkylation sites (N-methyl/N-ethyl adjacent to an activating group) is 1. The maximum atomic E-state index is 12.9. The van der Waals surface area contributed by atoms with E-state index in [1.54, 1.807) is 35.2 Å². The fourth-order valence-corrected chi connectivity index (χ4v) is 4.45. The first-order valence-corrected chi connectivity index (χ1v) is 11.9. The van der Waals surface area contributed by atoms with E-state index in [1.165, 1.54) is 18.9 Å². The zero-order valence-electron chi connectivity index (χ0n) is 19.4. The summed E-state index contributed by atoms with van der Waals surface area (Å²) >= 11 is 1.34. The first-order valence-electron chi connectivity index (χ1n) is 11.1. The van der Waals surface area contributed by atoms with Crippen molar-refractivity contribution in [2.24, 2.45) is 4.99 Å². The van der Waals surface area contributed by atoms with Gasteiger partial charge in [0.2, 0.25) is 0 Å². The van der Waals surface area contributed by atoms with Gasteiger partial charge in [-0.3, -0.25) is 14.5 Å². The smallest absolute Gasteiger partial charge is 0.266 e. The van der Waals surface area contributed by atoms with E-state index in [-0.39, 0.29) is 18.4 Å². The zero-order chi connectivity index (χ0) is 24.6. The summed E-state index contributed by atoms with van der Waals surface area (Å²) in [5, 5.41) is 3.42. The summed E-state index contributed by atoms with van der Waals surface area (Å²) < 4.78 is 11.1. The number of aliphatic imine (C=N–C) groups is 1. The Labute approximate surface area is 208 Å². The first kappa shape index (κ1) is 24.1. The van der Waals surface area contributed by atoms with E-state index in [0.29, 0.717) is 33.8 Å². The summed E-state index contributed by atoms with van der Waals surface area (Å²) in [5.74, 6) is 0.531. The largest absolute Gasteiger partial charge is 0.493 e. The van der Waals surface area contributed by atoms with E-state index < -0.39 is 0 Å². The van der Waals surface area contributed by atoms with Crippen LogP contribution in [0.4, 0.5) is 11.4 Å². The molecule has 0 bridgehead atoms. The molecule has 0 unspecified atom stereocenters. The van der Waals surface area contributed by atoms with Gasteiger partial charge in [-0.2, -0.15) is 0 Å². The third-order valence-corrected chi connectivity index (χ3v) is 6.09. The topological polar surface area (TPSA) is 80.2 Å². The molecule has 0 aromatic heterocycles. The molecule has 1 heterocycles. The molecule has 0 atom stereocenters. The summed E-state index contributed by atoms with van der Waals surface area (Å²) in [6.07, 6.45) is 1.80. The van der Waals surface area contributed by atoms with Gasteiger partial charge in [0.1, 0.15) is 0 Å². The molecule has 2 amide bonds. The van der Waals surface area contributed by atoms with Gasteiger partial charge in [0.15, 0.2) is 23.3 Å². The van der Waals surface area contributed by atoms with Gasteiger partial charge in [-0.1, -0.05) is 42.5 Å². The molecule has 0 aliphatic carbocycles. The fourth-order valence-electron chi connectivity index (χ4n) is 3.39. The Hall–Kier alpha value is -4.04. The average Bonchev–Trinajstić information content (AvgIpc) is 3.17. The number of nitrogens with zero attached hydrogens (tertiary/aromatic N) is 2. The predicted molar refractivity (Wildman–Crippen MR) is 140 cm³/mol. The molecule has 178 valence electrons. The third kappa shape index (κ3) is 6.10. The van der Waals surface area contributed by atoms with E-state index in [2.05, 4.69) is 10.3 Å². The van der Waals surface area contributed by atoms with Gasteiger partial charge in [-0.15, -0.1) is 0 Å². The van der Waals surface area contributed by atoms with Crippen molar-refractivity contribution in [3.05, 3.63) is 89.3 Å². The van der Waals surface area contributed by atoms with E-state index in [0.717, 1.165) is 11.3 Å². The zero-order valence-corrected chi connectivity index (χ0v) is 20.2. The Kier molecular flexibility index (Phi) is 7.84. The number of anilines is 1. The highest BCUT2D eigenvalue weighted by atomic mass is 32.2. The number of carbonyl (C=O) groups excluding carboxylic acids is 2. The number of ether oxygens (including phenoxy) is 2. The van der Waals surface area contributed by atoms with Crippen LogP contribution in [0, 0.1) is 0 Å². The van der Waals surface area contributed by atoms with Crippen LogP contribution in [-0.2, 0) is 9.59 Å². The molecule has 1 N–H and O–H groups in total. The molecule has 0 saturated carbocycles. The van der Waals surface area contributed by atoms with Crippen molar-refractivity contribution in [2.45, 2.75) is 6.92 Å². The van der Waals surface area contributed by atoms with E-state index >= 15 is 0 Å². The van der Waals surface area contributed by atoms with Gasteiger partial charge in [0.05, 0.1) is 17.7 Å². The van der Waals surface area contributed by atoms with Crippen LogP contribution in [0.3, 0.4) is 0 Å². The van der Waals surface area contributed by atoms with Crippen LogP contribution in [0.1, 0.15) is 12.5 Å². The lowest BCUT2D eigenvalue weighted by Gasteiger charge is -2.12. The number of rotatable bonds is 8. The number of para-hydroxylation sites is 2. The Morgan fingerprint density at radius 2 is 1.74 bits per heavy atom. The molecule has 1 aliphatic rings. The summed E-state index contributed by atoms with van der Waals surface area (Å²) in [5.41, 5.74) is 2.27. The second-order valence-corrected chi connectivity index (χ2v) is 8.51. The molecule has 0 spiro atoms. The average molecular weight is 488 g/mol. The predicted octanol–water partition coefficient (Wildman–Crippen LogP) is 5.34. The molecule has 7 nitrogen and oxygen atoms in total. The van der Waals surface area contributed by atoms with Gasteiger partial charge in [-0.25, -0.2) is 4.99 Å². The number of hydrogen-bond donors (Lipinski definition) is 1. The van der Waals surface area contributed by atoms with E-state index in [4.69, 9.17) is 9.47 Å². The number of thioether (sulfide) groups is 1. The highest BCUT2D eigenvalue weighted by Gasteiger charge is 2.32. The number of methoxy groups -OCH3 is 1. The second-order valence-electron chi connectivity index (χ2n) is 7.50. The van der Waals surface area contributed by atoms with Crippen molar-refractivity contribution in [2.75, 3.05) is 25.6 Å². The van der Waals surface area contributed by atoms with Crippen LogP contribution >= 0.6 is 11.8 Å². The van der Waals surface area contributed by atoms with Crippen LogP contribution < -0.4 is 14.8 Å². The van der Waals surface area contributed by atoms with Crippen molar-refractivity contribution in [1.29, 1.82) is 0 Å². The summed E-state index contributed by atoms with van der Waals surface area (Å²) in [6.45, 7) is 2.28. The molecule has 35 heavy (non-hydrogen) atoms. The Morgan fingerprint density at radius 3 is 2.43 bits per heavy atom. The highest BCUT2D eigenvalue weighted by Crippen LogP contribution is 2.35. The number of nitrogens with one attached hydrogen (secondary N) is 1. The Morgan fingerprint density at radius 1 is 1.03 bits per heavy atom. The van der Waals surface area contributed by atoms with Crippen molar-refractivity contribution in [3.63, 3.8) is 0 Å². The van der Waals surface area contributed by atoms with Crippen LogP contribution in [0.25, 0.3) is 6.08 Å². The molecule has 1 saturated heterocycles. The third-order valence-electron chi connectivity index (χ3n) is 5.09. The lowest BCUT2D eigenvalue weighted by atomic mass is 10.2. The molecular weight excluding hydrogens is 462 g/mol. The standard InChI is InChI=1S/C27H25N3O4S/c1-3-30-26(32)24(35-27(30)29-21-12-8-5-9-13-21)17-19-14-15-22(23(16-19)33-2)34-18-25(31)28-20-10-6-4-7-11-20/h4-17H,3,18H2,1-2H3,(H,28,31)/b24-17-,29-27?. The van der Waals surface area contributed by atoms with Crippen molar-refractivity contribution >= 4 is 46.2 Å². The molecule has 3 aromatic carbocycles. The number of hydrogen-bond acceptors (Lipinski definition) is 6. The van der Waals surface area contributed by atoms with Gasteiger partial charge >= 0.3 is 0 Å². The molecule has 0 radical (unpaired) electrons. The Balaban J connectivity index is 1.47. The summed E-state index contributed by atoms with van der Waals surface area (Å²) in [4.78, 5) is 32.0. The van der Waals surface area contributed by atoms with Gasteiger partial charge in [0, 0.05) is 12.2 Å². The summed E-state index contributed by atoms with van der Waals surface area (Å²) in [7, 11) is 1.53. The van der Waals surface area contributed by atoms with Crippen LogP contribution in [0.15, 0.2) is 88.8 Å². The minimum Gasteiger partial charge on any atom is -0.493 e. The van der Waals surface area contributed by atoms with Crippen LogP contribution in [0.2, 0.25) is 0 Å². The maximum Gasteiger partial charge on any atom is 0.266 e. The molecule has 4 rings (SSSR count).